The largest absolute Gasteiger partial charge is 0.385 e. The molecule has 0 aromatic heterocycles. The SMILES string of the molecule is CCC1CN(CCCCOC)C(C)(C)CN1. The molecule has 0 aliphatic carbocycles. The molecular formula is C13H28N2O. The fourth-order valence-electron chi connectivity index (χ4n) is 2.30. The summed E-state index contributed by atoms with van der Waals surface area (Å²) in [5.41, 5.74) is 0.304. The second-order valence-corrected chi connectivity index (χ2v) is 5.44. The second-order valence-electron chi connectivity index (χ2n) is 5.44. The molecule has 3 nitrogen and oxygen atoms in total. The van der Waals surface area contributed by atoms with Crippen LogP contribution in [0.25, 0.3) is 0 Å². The van der Waals surface area contributed by atoms with Gasteiger partial charge >= 0.3 is 0 Å². The van der Waals surface area contributed by atoms with Crippen LogP contribution in [0.1, 0.15) is 40.0 Å². The van der Waals surface area contributed by atoms with Gasteiger partial charge in [0.2, 0.25) is 0 Å². The Morgan fingerprint density at radius 3 is 2.75 bits per heavy atom. The minimum Gasteiger partial charge on any atom is -0.385 e. The standard InChI is InChI=1S/C13H28N2O/c1-5-12-10-15(8-6-7-9-16-4)13(2,3)11-14-12/h12,14H,5-11H2,1-4H3. The summed E-state index contributed by atoms with van der Waals surface area (Å²) in [6.07, 6.45) is 3.64. The van der Waals surface area contributed by atoms with Crippen molar-refractivity contribution >= 4 is 0 Å². The summed E-state index contributed by atoms with van der Waals surface area (Å²) in [6.45, 7) is 11.3. The molecule has 1 unspecified atom stereocenters. The van der Waals surface area contributed by atoms with Crippen molar-refractivity contribution < 1.29 is 4.74 Å². The maximum Gasteiger partial charge on any atom is 0.0462 e. The van der Waals surface area contributed by atoms with E-state index in [1.54, 1.807) is 7.11 Å². The van der Waals surface area contributed by atoms with Crippen molar-refractivity contribution in [2.24, 2.45) is 0 Å². The van der Waals surface area contributed by atoms with Crippen LogP contribution in [0.2, 0.25) is 0 Å². The third kappa shape index (κ3) is 4.04. The molecule has 96 valence electrons. The predicted octanol–water partition coefficient (Wildman–Crippen LogP) is 1.88. The van der Waals surface area contributed by atoms with Crippen molar-refractivity contribution in [2.45, 2.75) is 51.6 Å². The smallest absolute Gasteiger partial charge is 0.0462 e. The Morgan fingerprint density at radius 1 is 1.38 bits per heavy atom. The lowest BCUT2D eigenvalue weighted by Crippen LogP contribution is -2.61. The zero-order valence-electron chi connectivity index (χ0n) is 11.4. The van der Waals surface area contributed by atoms with Crippen molar-refractivity contribution in [3.63, 3.8) is 0 Å². The van der Waals surface area contributed by atoms with Crippen molar-refractivity contribution in [1.82, 2.24) is 10.2 Å². The molecule has 3 heteroatoms. The Hall–Kier alpha value is -0.120. The molecule has 0 bridgehead atoms. The third-order valence-electron chi connectivity index (χ3n) is 3.64. The average molecular weight is 228 g/mol. The Balaban J connectivity index is 2.34. The number of ether oxygens (including phenoxy) is 1. The number of methoxy groups -OCH3 is 1. The molecule has 1 atom stereocenters. The van der Waals surface area contributed by atoms with E-state index in [-0.39, 0.29) is 0 Å². The van der Waals surface area contributed by atoms with Gasteiger partial charge in [0.15, 0.2) is 0 Å². The Bertz CT molecular complexity index is 194. The zero-order chi connectivity index (χ0) is 12.0. The number of hydrogen-bond donors (Lipinski definition) is 1. The lowest BCUT2D eigenvalue weighted by Gasteiger charge is -2.46. The highest BCUT2D eigenvalue weighted by Crippen LogP contribution is 2.20. The van der Waals surface area contributed by atoms with Gasteiger partial charge in [-0.1, -0.05) is 6.92 Å². The van der Waals surface area contributed by atoms with Crippen LogP contribution in [0.5, 0.6) is 0 Å². The molecule has 0 aromatic rings. The second kappa shape index (κ2) is 6.58. The van der Waals surface area contributed by atoms with Crippen LogP contribution in [0, 0.1) is 0 Å². The number of rotatable bonds is 6. The first-order valence-corrected chi connectivity index (χ1v) is 6.57. The van der Waals surface area contributed by atoms with Gasteiger partial charge < -0.3 is 10.1 Å². The first-order valence-electron chi connectivity index (χ1n) is 6.57. The van der Waals surface area contributed by atoms with E-state index >= 15 is 0 Å². The van der Waals surface area contributed by atoms with Crippen LogP contribution >= 0.6 is 0 Å². The van der Waals surface area contributed by atoms with Gasteiger partial charge in [0.1, 0.15) is 0 Å². The summed E-state index contributed by atoms with van der Waals surface area (Å²) in [7, 11) is 1.78. The molecule has 0 saturated carbocycles. The quantitative estimate of drug-likeness (QED) is 0.703. The van der Waals surface area contributed by atoms with Gasteiger partial charge in [-0.15, -0.1) is 0 Å². The van der Waals surface area contributed by atoms with Crippen molar-refractivity contribution in [2.75, 3.05) is 33.4 Å². The predicted molar refractivity (Wildman–Crippen MR) is 68.8 cm³/mol. The highest BCUT2D eigenvalue weighted by Gasteiger charge is 2.32. The van der Waals surface area contributed by atoms with Crippen LogP contribution in [-0.4, -0.2) is 49.8 Å². The first-order chi connectivity index (χ1) is 7.60. The van der Waals surface area contributed by atoms with Crippen LogP contribution in [-0.2, 0) is 4.74 Å². The van der Waals surface area contributed by atoms with Gasteiger partial charge in [-0.25, -0.2) is 0 Å². The van der Waals surface area contributed by atoms with Crippen LogP contribution < -0.4 is 5.32 Å². The molecule has 0 amide bonds. The maximum absolute atomic E-state index is 5.09. The Labute approximate surface area is 101 Å². The first kappa shape index (κ1) is 13.9. The molecule has 1 rings (SSSR count). The normalized spacial score (nSPS) is 25.9. The summed E-state index contributed by atoms with van der Waals surface area (Å²) in [4.78, 5) is 2.63. The Morgan fingerprint density at radius 2 is 2.12 bits per heavy atom. The number of nitrogens with one attached hydrogen (secondary N) is 1. The molecule has 0 radical (unpaired) electrons. The third-order valence-corrected chi connectivity index (χ3v) is 3.64. The molecule has 1 heterocycles. The number of unbranched alkanes of at least 4 members (excludes halogenated alkanes) is 1. The highest BCUT2D eigenvalue weighted by atomic mass is 16.5. The lowest BCUT2D eigenvalue weighted by molar-refractivity contribution is 0.0611. The summed E-state index contributed by atoms with van der Waals surface area (Å²) >= 11 is 0. The summed E-state index contributed by atoms with van der Waals surface area (Å²) in [5, 5.41) is 3.62. The maximum atomic E-state index is 5.09. The molecular weight excluding hydrogens is 200 g/mol. The van der Waals surface area contributed by atoms with Gasteiger partial charge in [0, 0.05) is 38.4 Å². The number of piperazine rings is 1. The van der Waals surface area contributed by atoms with Gasteiger partial charge in [-0.2, -0.15) is 0 Å². The van der Waals surface area contributed by atoms with E-state index in [1.165, 1.54) is 32.4 Å². The fourth-order valence-corrected chi connectivity index (χ4v) is 2.30. The molecule has 0 spiro atoms. The van der Waals surface area contributed by atoms with E-state index in [9.17, 15) is 0 Å². The van der Waals surface area contributed by atoms with Crippen molar-refractivity contribution in [3.8, 4) is 0 Å². The molecule has 1 N–H and O–H groups in total. The number of hydrogen-bond acceptors (Lipinski definition) is 3. The minimum atomic E-state index is 0.304. The van der Waals surface area contributed by atoms with Gasteiger partial charge in [-0.3, -0.25) is 4.90 Å². The van der Waals surface area contributed by atoms with E-state index in [0.29, 0.717) is 11.6 Å². The average Bonchev–Trinajstić information content (AvgIpc) is 2.26. The summed E-state index contributed by atoms with van der Waals surface area (Å²) in [6, 6.07) is 0.676. The summed E-state index contributed by atoms with van der Waals surface area (Å²) in [5.74, 6) is 0. The number of nitrogens with zero attached hydrogens (tertiary/aromatic N) is 1. The van der Waals surface area contributed by atoms with Gasteiger partial charge in [0.05, 0.1) is 0 Å². The summed E-state index contributed by atoms with van der Waals surface area (Å²) < 4.78 is 5.09. The van der Waals surface area contributed by atoms with Crippen LogP contribution in [0.4, 0.5) is 0 Å². The van der Waals surface area contributed by atoms with E-state index in [4.69, 9.17) is 4.74 Å². The highest BCUT2D eigenvalue weighted by molar-refractivity contribution is 4.92. The molecule has 1 fully saturated rings. The van der Waals surface area contributed by atoms with Crippen LogP contribution in [0.15, 0.2) is 0 Å². The topological polar surface area (TPSA) is 24.5 Å². The van der Waals surface area contributed by atoms with E-state index in [0.717, 1.165) is 13.2 Å². The van der Waals surface area contributed by atoms with Gasteiger partial charge in [-0.05, 0) is 39.7 Å². The van der Waals surface area contributed by atoms with Crippen LogP contribution in [0.3, 0.4) is 0 Å². The van der Waals surface area contributed by atoms with Crippen molar-refractivity contribution in [1.29, 1.82) is 0 Å². The van der Waals surface area contributed by atoms with Gasteiger partial charge in [0.25, 0.3) is 0 Å². The molecule has 1 saturated heterocycles. The zero-order valence-corrected chi connectivity index (χ0v) is 11.4. The lowest BCUT2D eigenvalue weighted by atomic mass is 9.96. The molecule has 1 aliphatic heterocycles. The molecule has 1 aliphatic rings. The van der Waals surface area contributed by atoms with E-state index < -0.39 is 0 Å². The molecule has 0 aromatic carbocycles. The van der Waals surface area contributed by atoms with E-state index in [1.807, 2.05) is 0 Å². The van der Waals surface area contributed by atoms with Crippen molar-refractivity contribution in [3.05, 3.63) is 0 Å². The Kier molecular flexibility index (Phi) is 5.73. The molecule has 16 heavy (non-hydrogen) atoms. The fraction of sp³-hybridized carbons (Fsp3) is 1.00. The van der Waals surface area contributed by atoms with E-state index in [2.05, 4.69) is 31.0 Å². The monoisotopic (exact) mass is 228 g/mol. The minimum absolute atomic E-state index is 0.304.